The average molecular weight is 759 g/mol. The summed E-state index contributed by atoms with van der Waals surface area (Å²) in [7, 11) is 1.23. The van der Waals surface area contributed by atoms with Gasteiger partial charge in [-0.05, 0) is 51.3 Å². The summed E-state index contributed by atoms with van der Waals surface area (Å²) in [5, 5.41) is 15.3. The maximum Gasteiger partial charge on any atom is 0.407 e. The van der Waals surface area contributed by atoms with Crippen molar-refractivity contribution >= 4 is 18.2 Å². The fraction of sp³-hybridized carbons (Fsp3) is 0.763. The molecule has 0 saturated carbocycles. The van der Waals surface area contributed by atoms with Gasteiger partial charge in [0.05, 0.1) is 79.8 Å². The molecular formula is C38H66N2O13. The molecule has 0 radical (unpaired) electrons. The van der Waals surface area contributed by atoms with Gasteiger partial charge in [0.25, 0.3) is 0 Å². The van der Waals surface area contributed by atoms with Crippen LogP contribution in [0.3, 0.4) is 0 Å². The maximum atomic E-state index is 11.8. The van der Waals surface area contributed by atoms with Gasteiger partial charge in [0.1, 0.15) is 23.5 Å². The molecular weight excluding hydrogens is 692 g/mol. The van der Waals surface area contributed by atoms with Crippen molar-refractivity contribution in [3.63, 3.8) is 0 Å². The number of hydrogen-bond donors (Lipinski definition) is 3. The summed E-state index contributed by atoms with van der Waals surface area (Å²) in [6.07, 6.45) is 9.62. The number of alkyl carbamates (subject to hydrolysis) is 2. The number of amides is 2. The first-order chi connectivity index (χ1) is 25.6. The van der Waals surface area contributed by atoms with E-state index in [4.69, 9.17) is 37.9 Å². The molecule has 15 nitrogen and oxygen atoms in total. The summed E-state index contributed by atoms with van der Waals surface area (Å²) >= 11 is 0. The lowest BCUT2D eigenvalue weighted by Gasteiger charge is -2.19. The molecule has 15 heteroatoms. The molecule has 0 atom stereocenters. The van der Waals surface area contributed by atoms with Crippen LogP contribution in [0.4, 0.5) is 9.59 Å². The standard InChI is InChI=1S/C38H66N2O13/c1-38(2,3)53-37(44)39-16-12-10-8-6-5-7-9-11-13-17-46-18-19-47-20-21-48-22-23-49-24-25-50-26-27-51-28-29-52-36(43)40-31-32-14-15-33(34(41)30-32)35(42)45-4/h14-15,30,41H,5-13,16-29,31H2,1-4H3,(H,39,44)(H,40,43). The minimum absolute atomic E-state index is 0.0466. The van der Waals surface area contributed by atoms with Gasteiger partial charge in [0.15, 0.2) is 0 Å². The zero-order chi connectivity index (χ0) is 38.8. The number of carbonyl (C=O) groups excluding carboxylic acids is 3. The molecule has 0 spiro atoms. The number of carbonyl (C=O) groups is 3. The summed E-state index contributed by atoms with van der Waals surface area (Å²) in [5.41, 5.74) is 0.191. The van der Waals surface area contributed by atoms with Crippen LogP contribution >= 0.6 is 0 Å². The molecule has 2 amide bonds. The highest BCUT2D eigenvalue weighted by atomic mass is 16.6. The van der Waals surface area contributed by atoms with Crippen LogP contribution in [0, 0.1) is 0 Å². The molecule has 0 aromatic heterocycles. The monoisotopic (exact) mass is 758 g/mol. The highest BCUT2D eigenvalue weighted by molar-refractivity contribution is 5.92. The number of esters is 1. The molecule has 0 aliphatic heterocycles. The zero-order valence-corrected chi connectivity index (χ0v) is 32.5. The first kappa shape index (κ1) is 47.8. The number of methoxy groups -OCH3 is 1. The van der Waals surface area contributed by atoms with Gasteiger partial charge in [-0.1, -0.05) is 51.0 Å². The van der Waals surface area contributed by atoms with Gasteiger partial charge in [-0.2, -0.15) is 0 Å². The van der Waals surface area contributed by atoms with Crippen molar-refractivity contribution in [2.24, 2.45) is 0 Å². The Morgan fingerprint density at radius 2 is 1.04 bits per heavy atom. The molecule has 1 aromatic carbocycles. The van der Waals surface area contributed by atoms with Crippen molar-refractivity contribution in [1.29, 1.82) is 0 Å². The topological polar surface area (TPSA) is 179 Å². The number of unbranched alkanes of at least 4 members (excludes halogenated alkanes) is 8. The SMILES string of the molecule is COC(=O)c1ccc(CNC(=O)OCCOCCOCCOCCOCCOCCOCCCCCCCCCCCNC(=O)OC(C)(C)C)cc1O. The van der Waals surface area contributed by atoms with E-state index >= 15 is 0 Å². The Morgan fingerprint density at radius 3 is 1.51 bits per heavy atom. The van der Waals surface area contributed by atoms with Crippen LogP contribution in [0.5, 0.6) is 5.75 Å². The van der Waals surface area contributed by atoms with Crippen molar-refractivity contribution in [3.05, 3.63) is 29.3 Å². The smallest absolute Gasteiger partial charge is 0.407 e. The molecule has 0 bridgehead atoms. The van der Waals surface area contributed by atoms with E-state index in [0.717, 1.165) is 25.9 Å². The maximum absolute atomic E-state index is 11.8. The third-order valence-electron chi connectivity index (χ3n) is 7.36. The van der Waals surface area contributed by atoms with Gasteiger partial charge in [-0.25, -0.2) is 14.4 Å². The Kier molecular flexibility index (Phi) is 29.1. The number of benzene rings is 1. The second kappa shape index (κ2) is 32.2. The van der Waals surface area contributed by atoms with E-state index in [1.165, 1.54) is 57.8 Å². The molecule has 0 aliphatic carbocycles. The van der Waals surface area contributed by atoms with Crippen LogP contribution < -0.4 is 10.6 Å². The van der Waals surface area contributed by atoms with Gasteiger partial charge in [-0.3, -0.25) is 0 Å². The van der Waals surface area contributed by atoms with Crippen LogP contribution in [-0.2, 0) is 49.2 Å². The van der Waals surface area contributed by atoms with E-state index in [9.17, 15) is 19.5 Å². The number of hydrogen-bond acceptors (Lipinski definition) is 13. The first-order valence-electron chi connectivity index (χ1n) is 18.9. The Balaban J connectivity index is 1.73. The molecule has 0 aliphatic rings. The van der Waals surface area contributed by atoms with Crippen LogP contribution in [0.15, 0.2) is 18.2 Å². The predicted molar refractivity (Wildman–Crippen MR) is 198 cm³/mol. The minimum atomic E-state index is -0.644. The quantitative estimate of drug-likeness (QED) is 0.0463. The predicted octanol–water partition coefficient (Wildman–Crippen LogP) is 5.54. The van der Waals surface area contributed by atoms with Crippen LogP contribution in [0.1, 0.15) is 94.5 Å². The summed E-state index contributed by atoms with van der Waals surface area (Å²) in [4.78, 5) is 34.9. The van der Waals surface area contributed by atoms with E-state index < -0.39 is 17.7 Å². The molecule has 0 heterocycles. The van der Waals surface area contributed by atoms with E-state index in [0.29, 0.717) is 78.2 Å². The van der Waals surface area contributed by atoms with Gasteiger partial charge >= 0.3 is 18.2 Å². The second-order valence-corrected chi connectivity index (χ2v) is 13.1. The fourth-order valence-corrected chi connectivity index (χ4v) is 4.66. The van der Waals surface area contributed by atoms with Gasteiger partial charge in [-0.15, -0.1) is 0 Å². The molecule has 306 valence electrons. The van der Waals surface area contributed by atoms with E-state index in [-0.39, 0.29) is 37.2 Å². The van der Waals surface area contributed by atoms with Crippen LogP contribution in [0.2, 0.25) is 0 Å². The minimum Gasteiger partial charge on any atom is -0.507 e. The highest BCUT2D eigenvalue weighted by Gasteiger charge is 2.15. The van der Waals surface area contributed by atoms with E-state index in [1.807, 2.05) is 20.8 Å². The Bertz CT molecular complexity index is 1080. The molecule has 0 fully saturated rings. The Labute approximate surface area is 316 Å². The van der Waals surface area contributed by atoms with Crippen molar-refractivity contribution in [1.82, 2.24) is 10.6 Å². The van der Waals surface area contributed by atoms with Gasteiger partial charge in [0.2, 0.25) is 0 Å². The Hall–Kier alpha value is -3.21. The molecule has 3 N–H and O–H groups in total. The molecule has 0 saturated heterocycles. The second-order valence-electron chi connectivity index (χ2n) is 13.1. The normalized spacial score (nSPS) is 11.3. The number of phenolic OH excluding ortho intramolecular Hbond substituents is 1. The number of rotatable bonds is 33. The molecule has 53 heavy (non-hydrogen) atoms. The molecule has 1 rings (SSSR count). The zero-order valence-electron chi connectivity index (χ0n) is 32.5. The third-order valence-corrected chi connectivity index (χ3v) is 7.36. The van der Waals surface area contributed by atoms with Gasteiger partial charge < -0.3 is 58.4 Å². The first-order valence-corrected chi connectivity index (χ1v) is 18.9. The number of ether oxygens (including phenoxy) is 9. The third kappa shape index (κ3) is 29.9. The number of nitrogens with one attached hydrogen (secondary N) is 2. The van der Waals surface area contributed by atoms with E-state index in [1.54, 1.807) is 6.07 Å². The molecule has 0 unspecified atom stereocenters. The van der Waals surface area contributed by atoms with Crippen molar-refractivity contribution < 1.29 is 62.1 Å². The van der Waals surface area contributed by atoms with E-state index in [2.05, 4.69) is 15.4 Å². The largest absolute Gasteiger partial charge is 0.507 e. The average Bonchev–Trinajstić information content (AvgIpc) is 3.12. The highest BCUT2D eigenvalue weighted by Crippen LogP contribution is 2.19. The van der Waals surface area contributed by atoms with Crippen LogP contribution in [0.25, 0.3) is 0 Å². The summed E-state index contributed by atoms with van der Waals surface area (Å²) in [6, 6.07) is 4.39. The van der Waals surface area contributed by atoms with Crippen molar-refractivity contribution in [2.45, 2.75) is 90.7 Å². The molecule has 1 aromatic rings. The summed E-state index contributed by atoms with van der Waals surface area (Å²) < 4.78 is 47.8. The van der Waals surface area contributed by atoms with Crippen LogP contribution in [-0.4, -0.2) is 128 Å². The lowest BCUT2D eigenvalue weighted by atomic mass is 10.1. The Morgan fingerprint density at radius 1 is 0.585 bits per heavy atom. The summed E-state index contributed by atoms with van der Waals surface area (Å²) in [5.74, 6) is -0.873. The lowest BCUT2D eigenvalue weighted by molar-refractivity contribution is -0.0186. The van der Waals surface area contributed by atoms with Crippen molar-refractivity contribution in [3.8, 4) is 5.75 Å². The summed E-state index contributed by atoms with van der Waals surface area (Å²) in [6.45, 7) is 12.2. The van der Waals surface area contributed by atoms with Gasteiger partial charge in [0, 0.05) is 19.7 Å². The number of aromatic hydroxyl groups is 1. The fourth-order valence-electron chi connectivity index (χ4n) is 4.66. The number of phenols is 1. The van der Waals surface area contributed by atoms with Crippen molar-refractivity contribution in [2.75, 3.05) is 99.5 Å². The lowest BCUT2D eigenvalue weighted by Crippen LogP contribution is -2.32.